The summed E-state index contributed by atoms with van der Waals surface area (Å²) < 4.78 is 1.54. The van der Waals surface area contributed by atoms with E-state index in [-0.39, 0.29) is 5.69 Å². The molecule has 0 aliphatic rings. The first-order valence-corrected chi connectivity index (χ1v) is 5.58. The highest BCUT2D eigenvalue weighted by Crippen LogP contribution is 2.16. The Balaban J connectivity index is 2.32. The number of anilines is 1. The van der Waals surface area contributed by atoms with Gasteiger partial charge in [0.1, 0.15) is 5.82 Å². The molecular weight excluding hydrogens is 228 g/mol. The summed E-state index contributed by atoms with van der Waals surface area (Å²) in [6.07, 6.45) is 1.73. The molecule has 0 amide bonds. The van der Waals surface area contributed by atoms with Crippen LogP contribution >= 0.6 is 0 Å². The maximum atomic E-state index is 12.0. The van der Waals surface area contributed by atoms with Crippen molar-refractivity contribution in [3.63, 3.8) is 0 Å². The van der Waals surface area contributed by atoms with Gasteiger partial charge in [0.25, 0.3) is 0 Å². The number of pyridine rings is 1. The lowest BCUT2D eigenvalue weighted by molar-refractivity contribution is 0.963. The summed E-state index contributed by atoms with van der Waals surface area (Å²) in [6.45, 7) is 1.95. The smallest absolute Gasteiger partial charge is 0.332 e. The van der Waals surface area contributed by atoms with Crippen LogP contribution in [0.5, 0.6) is 0 Å². The molecule has 0 radical (unpaired) electrons. The number of fused-ring (bicyclic) bond motifs is 1. The fourth-order valence-corrected chi connectivity index (χ4v) is 1.95. The van der Waals surface area contributed by atoms with Crippen LogP contribution in [-0.4, -0.2) is 14.5 Å². The van der Waals surface area contributed by atoms with Crippen molar-refractivity contribution in [2.24, 2.45) is 0 Å². The third-order valence-corrected chi connectivity index (χ3v) is 2.83. The molecule has 2 aromatic heterocycles. The van der Waals surface area contributed by atoms with E-state index in [1.54, 1.807) is 18.3 Å². The van der Waals surface area contributed by atoms with Gasteiger partial charge in [0, 0.05) is 11.9 Å². The number of imidazole rings is 1. The minimum Gasteiger partial charge on any atom is -0.399 e. The van der Waals surface area contributed by atoms with Gasteiger partial charge in [-0.3, -0.25) is 0 Å². The number of hydrogen-bond acceptors (Lipinski definition) is 3. The number of aromatic amines is 1. The van der Waals surface area contributed by atoms with Crippen LogP contribution in [0.1, 0.15) is 5.56 Å². The van der Waals surface area contributed by atoms with Gasteiger partial charge in [-0.1, -0.05) is 6.07 Å². The quantitative estimate of drug-likeness (QED) is 0.634. The van der Waals surface area contributed by atoms with E-state index in [0.29, 0.717) is 17.0 Å². The maximum absolute atomic E-state index is 12.0. The normalized spacial score (nSPS) is 10.9. The molecule has 3 rings (SSSR count). The Morgan fingerprint density at radius 3 is 2.83 bits per heavy atom. The van der Waals surface area contributed by atoms with Crippen molar-refractivity contribution < 1.29 is 0 Å². The molecule has 0 saturated carbocycles. The summed E-state index contributed by atoms with van der Waals surface area (Å²) >= 11 is 0. The number of benzene rings is 1. The standard InChI is InChI=1S/C13H12N4O/c1-8-2-5-12(15-7-8)17-11-4-3-9(14)6-10(11)16-13(17)18/h2-7H,14H2,1H3,(H,16,18). The van der Waals surface area contributed by atoms with Gasteiger partial charge in [-0.25, -0.2) is 14.3 Å². The predicted molar refractivity (Wildman–Crippen MR) is 70.8 cm³/mol. The van der Waals surface area contributed by atoms with Crippen LogP contribution in [-0.2, 0) is 0 Å². The number of nitrogens with two attached hydrogens (primary N) is 1. The summed E-state index contributed by atoms with van der Waals surface area (Å²) in [6, 6.07) is 9.05. The molecule has 5 nitrogen and oxygen atoms in total. The molecule has 5 heteroatoms. The Morgan fingerprint density at radius 2 is 2.11 bits per heavy atom. The Morgan fingerprint density at radius 1 is 1.28 bits per heavy atom. The van der Waals surface area contributed by atoms with Gasteiger partial charge in [-0.2, -0.15) is 0 Å². The number of rotatable bonds is 1. The van der Waals surface area contributed by atoms with E-state index in [4.69, 9.17) is 5.73 Å². The zero-order chi connectivity index (χ0) is 12.7. The van der Waals surface area contributed by atoms with Crippen LogP contribution in [0, 0.1) is 6.92 Å². The Kier molecular flexibility index (Phi) is 2.19. The largest absolute Gasteiger partial charge is 0.399 e. The van der Waals surface area contributed by atoms with Crippen LogP contribution in [0.15, 0.2) is 41.3 Å². The van der Waals surface area contributed by atoms with Gasteiger partial charge in [0.05, 0.1) is 11.0 Å². The molecule has 0 bridgehead atoms. The van der Waals surface area contributed by atoms with Gasteiger partial charge in [0.15, 0.2) is 0 Å². The lowest BCUT2D eigenvalue weighted by atomic mass is 10.2. The molecule has 3 aromatic rings. The average Bonchev–Trinajstić information content (AvgIpc) is 2.65. The molecule has 0 spiro atoms. The fourth-order valence-electron chi connectivity index (χ4n) is 1.95. The molecule has 0 fully saturated rings. The third-order valence-electron chi connectivity index (χ3n) is 2.83. The van der Waals surface area contributed by atoms with Crippen molar-refractivity contribution in [2.45, 2.75) is 6.92 Å². The predicted octanol–water partition coefficient (Wildman–Crippen LogP) is 1.60. The Bertz CT molecular complexity index is 768. The zero-order valence-electron chi connectivity index (χ0n) is 9.84. The maximum Gasteiger partial charge on any atom is 0.332 e. The van der Waals surface area contributed by atoms with Crippen molar-refractivity contribution in [1.82, 2.24) is 14.5 Å². The highest BCUT2D eigenvalue weighted by Gasteiger charge is 2.09. The van der Waals surface area contributed by atoms with Crippen molar-refractivity contribution in [3.05, 3.63) is 52.6 Å². The van der Waals surface area contributed by atoms with Gasteiger partial charge < -0.3 is 10.7 Å². The average molecular weight is 240 g/mol. The van der Waals surface area contributed by atoms with E-state index >= 15 is 0 Å². The summed E-state index contributed by atoms with van der Waals surface area (Å²) in [5, 5.41) is 0. The van der Waals surface area contributed by atoms with Crippen LogP contribution in [0.2, 0.25) is 0 Å². The Hall–Kier alpha value is -2.56. The molecule has 0 saturated heterocycles. The summed E-state index contributed by atoms with van der Waals surface area (Å²) in [7, 11) is 0. The van der Waals surface area contributed by atoms with Crippen LogP contribution < -0.4 is 11.4 Å². The van der Waals surface area contributed by atoms with E-state index in [2.05, 4.69) is 9.97 Å². The fraction of sp³-hybridized carbons (Fsp3) is 0.0769. The number of nitrogens with one attached hydrogen (secondary N) is 1. The highest BCUT2D eigenvalue weighted by atomic mass is 16.1. The minimum atomic E-state index is -0.216. The number of hydrogen-bond donors (Lipinski definition) is 2. The molecule has 0 atom stereocenters. The van der Waals surface area contributed by atoms with Crippen LogP contribution in [0.3, 0.4) is 0 Å². The zero-order valence-corrected chi connectivity index (χ0v) is 9.84. The number of aryl methyl sites for hydroxylation is 1. The van der Waals surface area contributed by atoms with Gasteiger partial charge in [0.2, 0.25) is 0 Å². The highest BCUT2D eigenvalue weighted by molar-refractivity contribution is 5.80. The van der Waals surface area contributed by atoms with Gasteiger partial charge >= 0.3 is 5.69 Å². The summed E-state index contributed by atoms with van der Waals surface area (Å²) in [5.41, 5.74) is 8.63. The molecule has 90 valence electrons. The van der Waals surface area contributed by atoms with E-state index < -0.39 is 0 Å². The number of nitrogen functional groups attached to an aromatic ring is 1. The van der Waals surface area contributed by atoms with Crippen molar-refractivity contribution in [1.29, 1.82) is 0 Å². The van der Waals surface area contributed by atoms with Crippen molar-refractivity contribution in [3.8, 4) is 5.82 Å². The molecule has 0 aliphatic carbocycles. The SMILES string of the molecule is Cc1ccc(-n2c(=O)[nH]c3cc(N)ccc32)nc1. The second-order valence-electron chi connectivity index (χ2n) is 4.24. The molecule has 1 aromatic carbocycles. The topological polar surface area (TPSA) is 76.7 Å². The third kappa shape index (κ3) is 1.57. The van der Waals surface area contributed by atoms with Crippen molar-refractivity contribution >= 4 is 16.7 Å². The second-order valence-corrected chi connectivity index (χ2v) is 4.24. The van der Waals surface area contributed by atoms with Crippen LogP contribution in [0.25, 0.3) is 16.9 Å². The van der Waals surface area contributed by atoms with E-state index in [1.807, 2.05) is 25.1 Å². The van der Waals surface area contributed by atoms with E-state index in [1.165, 1.54) is 4.57 Å². The summed E-state index contributed by atoms with van der Waals surface area (Å²) in [5.74, 6) is 0.599. The number of H-pyrrole nitrogens is 1. The Labute approximate surface area is 103 Å². The van der Waals surface area contributed by atoms with Crippen molar-refractivity contribution in [2.75, 3.05) is 5.73 Å². The number of nitrogens with zero attached hydrogens (tertiary/aromatic N) is 2. The molecule has 2 heterocycles. The van der Waals surface area contributed by atoms with E-state index in [0.717, 1.165) is 11.1 Å². The second kappa shape index (κ2) is 3.73. The molecule has 18 heavy (non-hydrogen) atoms. The molecular formula is C13H12N4O. The molecule has 0 aliphatic heterocycles. The molecule has 0 unspecified atom stereocenters. The lowest BCUT2D eigenvalue weighted by Crippen LogP contribution is -2.15. The first kappa shape index (κ1) is 10.6. The van der Waals surface area contributed by atoms with Crippen LogP contribution in [0.4, 0.5) is 5.69 Å². The minimum absolute atomic E-state index is 0.216. The first-order chi connectivity index (χ1) is 8.65. The van der Waals surface area contributed by atoms with Gasteiger partial charge in [-0.05, 0) is 36.8 Å². The van der Waals surface area contributed by atoms with Gasteiger partial charge in [-0.15, -0.1) is 0 Å². The summed E-state index contributed by atoms with van der Waals surface area (Å²) in [4.78, 5) is 19.0. The van der Waals surface area contributed by atoms with E-state index in [9.17, 15) is 4.79 Å². The lowest BCUT2D eigenvalue weighted by Gasteiger charge is -2.02. The molecule has 3 N–H and O–H groups in total. The monoisotopic (exact) mass is 240 g/mol. The number of aromatic nitrogens is 3. The first-order valence-electron chi connectivity index (χ1n) is 5.58.